The van der Waals surface area contributed by atoms with Gasteiger partial charge in [-0.05, 0) is 29.1 Å². The Morgan fingerprint density at radius 1 is 1.05 bits per heavy atom. The van der Waals surface area contributed by atoms with Crippen LogP contribution in [-0.2, 0) is 13.1 Å². The smallest absolute Gasteiger partial charge is 0.251 e. The van der Waals surface area contributed by atoms with Crippen LogP contribution in [0.3, 0.4) is 0 Å². The Balaban J connectivity index is 2.15. The van der Waals surface area contributed by atoms with Crippen molar-refractivity contribution in [2.45, 2.75) is 13.1 Å². The highest BCUT2D eigenvalue weighted by molar-refractivity contribution is 5.78. The van der Waals surface area contributed by atoms with Crippen LogP contribution in [0.2, 0.25) is 0 Å². The molecule has 0 amide bonds. The van der Waals surface area contributed by atoms with E-state index in [2.05, 4.69) is 4.98 Å². The molecule has 0 aliphatic rings. The molecule has 2 aromatic heterocycles. The first-order valence-electron chi connectivity index (χ1n) is 6.51. The Labute approximate surface area is 116 Å². The number of benzene rings is 1. The maximum Gasteiger partial charge on any atom is 0.251 e. The third-order valence-corrected chi connectivity index (χ3v) is 3.41. The number of rotatable bonds is 3. The zero-order valence-corrected chi connectivity index (χ0v) is 11.0. The summed E-state index contributed by atoms with van der Waals surface area (Å²) in [6.07, 6.45) is 1.72. The van der Waals surface area contributed by atoms with E-state index in [1.807, 2.05) is 42.5 Å². The van der Waals surface area contributed by atoms with Crippen LogP contribution in [0.5, 0.6) is 0 Å². The third-order valence-electron chi connectivity index (χ3n) is 3.41. The summed E-state index contributed by atoms with van der Waals surface area (Å²) in [6.45, 7) is 0.857. The number of hydrogen-bond acceptors (Lipinski definition) is 3. The van der Waals surface area contributed by atoms with Crippen molar-refractivity contribution in [1.82, 2.24) is 9.55 Å². The second kappa shape index (κ2) is 5.27. The Hall–Kier alpha value is -2.46. The molecule has 0 radical (unpaired) electrons. The monoisotopic (exact) mass is 265 g/mol. The van der Waals surface area contributed by atoms with Crippen LogP contribution in [0.15, 0.2) is 59.5 Å². The molecule has 2 heterocycles. The van der Waals surface area contributed by atoms with Crippen LogP contribution >= 0.6 is 0 Å². The maximum absolute atomic E-state index is 12.1. The molecule has 100 valence electrons. The van der Waals surface area contributed by atoms with Crippen molar-refractivity contribution in [3.63, 3.8) is 0 Å². The molecule has 20 heavy (non-hydrogen) atoms. The van der Waals surface area contributed by atoms with E-state index in [4.69, 9.17) is 5.73 Å². The molecule has 3 aromatic rings. The molecular weight excluding hydrogens is 250 g/mol. The number of nitrogens with zero attached hydrogens (tertiary/aromatic N) is 2. The van der Waals surface area contributed by atoms with Crippen molar-refractivity contribution in [2.75, 3.05) is 0 Å². The first-order chi connectivity index (χ1) is 9.79. The van der Waals surface area contributed by atoms with Crippen molar-refractivity contribution in [3.05, 3.63) is 76.3 Å². The minimum atomic E-state index is -0.0180. The van der Waals surface area contributed by atoms with E-state index in [9.17, 15) is 4.79 Å². The summed E-state index contributed by atoms with van der Waals surface area (Å²) in [4.78, 5) is 16.4. The Bertz CT molecular complexity index is 808. The number of nitrogens with two attached hydrogens (primary N) is 1. The van der Waals surface area contributed by atoms with E-state index < -0.39 is 0 Å². The van der Waals surface area contributed by atoms with Gasteiger partial charge in [0.05, 0.1) is 17.8 Å². The Kier molecular flexibility index (Phi) is 3.31. The molecule has 0 saturated carbocycles. The van der Waals surface area contributed by atoms with Crippen LogP contribution in [0, 0.1) is 0 Å². The molecule has 0 unspecified atom stereocenters. The van der Waals surface area contributed by atoms with Crippen LogP contribution in [0.25, 0.3) is 10.9 Å². The molecule has 0 fully saturated rings. The fourth-order valence-corrected chi connectivity index (χ4v) is 2.38. The van der Waals surface area contributed by atoms with Crippen LogP contribution in [0.4, 0.5) is 0 Å². The van der Waals surface area contributed by atoms with Gasteiger partial charge >= 0.3 is 0 Å². The SMILES string of the molecule is NCc1ncccc1Cn1c(=O)ccc2ccccc21. The van der Waals surface area contributed by atoms with E-state index in [-0.39, 0.29) is 5.56 Å². The van der Waals surface area contributed by atoms with E-state index in [0.717, 1.165) is 22.2 Å². The zero-order valence-electron chi connectivity index (χ0n) is 11.0. The lowest BCUT2D eigenvalue weighted by atomic mass is 10.1. The molecule has 0 saturated heterocycles. The molecule has 4 heteroatoms. The molecule has 0 bridgehead atoms. The topological polar surface area (TPSA) is 60.9 Å². The highest BCUT2D eigenvalue weighted by Crippen LogP contribution is 2.14. The molecule has 3 rings (SSSR count). The quantitative estimate of drug-likeness (QED) is 0.786. The van der Waals surface area contributed by atoms with Gasteiger partial charge in [-0.2, -0.15) is 0 Å². The van der Waals surface area contributed by atoms with E-state index >= 15 is 0 Å². The highest BCUT2D eigenvalue weighted by Gasteiger charge is 2.06. The number of hydrogen-bond donors (Lipinski definition) is 1. The van der Waals surface area contributed by atoms with Gasteiger partial charge in [-0.25, -0.2) is 0 Å². The predicted octanol–water partition coefficient (Wildman–Crippen LogP) is 1.90. The molecule has 0 spiro atoms. The first kappa shape index (κ1) is 12.6. The van der Waals surface area contributed by atoms with Gasteiger partial charge in [0.1, 0.15) is 0 Å². The summed E-state index contributed by atoms with van der Waals surface area (Å²) in [5.41, 5.74) is 8.42. The number of fused-ring (bicyclic) bond motifs is 1. The molecule has 4 nitrogen and oxygen atoms in total. The van der Waals surface area contributed by atoms with Gasteiger partial charge in [-0.3, -0.25) is 9.78 Å². The van der Waals surface area contributed by atoms with Gasteiger partial charge < -0.3 is 10.3 Å². The summed E-state index contributed by atoms with van der Waals surface area (Å²) in [6, 6.07) is 15.1. The molecule has 0 atom stereocenters. The highest BCUT2D eigenvalue weighted by atomic mass is 16.1. The maximum atomic E-state index is 12.1. The minimum absolute atomic E-state index is 0.0180. The molecule has 0 aliphatic carbocycles. The number of para-hydroxylation sites is 1. The van der Waals surface area contributed by atoms with Crippen LogP contribution < -0.4 is 11.3 Å². The third kappa shape index (κ3) is 2.21. The summed E-state index contributed by atoms with van der Waals surface area (Å²) in [5, 5.41) is 1.05. The van der Waals surface area contributed by atoms with Crippen molar-refractivity contribution >= 4 is 10.9 Å². The molecule has 1 aromatic carbocycles. The molecular formula is C16H15N3O. The summed E-state index contributed by atoms with van der Waals surface area (Å²) in [7, 11) is 0. The van der Waals surface area contributed by atoms with Gasteiger partial charge in [-0.1, -0.05) is 24.3 Å². The summed E-state index contributed by atoms with van der Waals surface area (Å²) < 4.78 is 1.76. The minimum Gasteiger partial charge on any atom is -0.325 e. The van der Waals surface area contributed by atoms with Gasteiger partial charge in [0.2, 0.25) is 0 Å². The van der Waals surface area contributed by atoms with Crippen molar-refractivity contribution in [3.8, 4) is 0 Å². The van der Waals surface area contributed by atoms with Crippen molar-refractivity contribution < 1.29 is 0 Å². The summed E-state index contributed by atoms with van der Waals surface area (Å²) >= 11 is 0. The number of pyridine rings is 2. The van der Waals surface area contributed by atoms with E-state index in [1.54, 1.807) is 16.8 Å². The van der Waals surface area contributed by atoms with Crippen molar-refractivity contribution in [2.24, 2.45) is 5.73 Å². The lowest BCUT2D eigenvalue weighted by molar-refractivity contribution is 0.772. The number of aromatic nitrogens is 2. The average Bonchev–Trinajstić information content (AvgIpc) is 2.50. The molecule has 0 aliphatic heterocycles. The van der Waals surface area contributed by atoms with Crippen molar-refractivity contribution in [1.29, 1.82) is 0 Å². The Morgan fingerprint density at radius 2 is 1.90 bits per heavy atom. The first-order valence-corrected chi connectivity index (χ1v) is 6.51. The largest absolute Gasteiger partial charge is 0.325 e. The second-order valence-electron chi connectivity index (χ2n) is 4.63. The van der Waals surface area contributed by atoms with E-state index in [0.29, 0.717) is 13.1 Å². The van der Waals surface area contributed by atoms with Crippen LogP contribution in [0.1, 0.15) is 11.3 Å². The van der Waals surface area contributed by atoms with E-state index in [1.165, 1.54) is 0 Å². The standard InChI is InChI=1S/C16H15N3O/c17-10-14-13(5-3-9-18-14)11-19-15-6-2-1-4-12(15)7-8-16(19)20/h1-9H,10-11,17H2. The van der Waals surface area contributed by atoms with Gasteiger partial charge in [0.15, 0.2) is 0 Å². The predicted molar refractivity (Wildman–Crippen MR) is 79.4 cm³/mol. The summed E-state index contributed by atoms with van der Waals surface area (Å²) in [5.74, 6) is 0. The second-order valence-corrected chi connectivity index (χ2v) is 4.63. The fraction of sp³-hybridized carbons (Fsp3) is 0.125. The van der Waals surface area contributed by atoms with Crippen LogP contribution in [-0.4, -0.2) is 9.55 Å². The lowest BCUT2D eigenvalue weighted by Gasteiger charge is -2.12. The fourth-order valence-electron chi connectivity index (χ4n) is 2.38. The average molecular weight is 265 g/mol. The van der Waals surface area contributed by atoms with Gasteiger partial charge in [0.25, 0.3) is 5.56 Å². The van der Waals surface area contributed by atoms with Gasteiger partial charge in [-0.15, -0.1) is 0 Å². The molecule has 2 N–H and O–H groups in total. The zero-order chi connectivity index (χ0) is 13.9. The van der Waals surface area contributed by atoms with Gasteiger partial charge in [0, 0.05) is 18.8 Å². The normalized spacial score (nSPS) is 10.8. The Morgan fingerprint density at radius 3 is 2.75 bits per heavy atom. The lowest BCUT2D eigenvalue weighted by Crippen LogP contribution is -2.21.